The van der Waals surface area contributed by atoms with Crippen LogP contribution in [0.4, 0.5) is 5.69 Å². The lowest BCUT2D eigenvalue weighted by atomic mass is 10.1. The first kappa shape index (κ1) is 19.4. The van der Waals surface area contributed by atoms with Crippen molar-refractivity contribution in [3.8, 4) is 16.3 Å². The number of fused-ring (bicyclic) bond motifs is 1. The first-order valence-electron chi connectivity index (χ1n) is 9.35. The van der Waals surface area contributed by atoms with Crippen molar-refractivity contribution in [1.82, 2.24) is 29.5 Å². The molecule has 0 atom stereocenters. The van der Waals surface area contributed by atoms with Crippen LogP contribution in [0.15, 0.2) is 54.4 Å². The Kier molecular flexibility index (Phi) is 4.76. The molecule has 0 aliphatic rings. The van der Waals surface area contributed by atoms with E-state index in [0.29, 0.717) is 27.6 Å². The summed E-state index contributed by atoms with van der Waals surface area (Å²) in [5.41, 5.74) is 3.89. The molecule has 0 saturated heterocycles. The second-order valence-electron chi connectivity index (χ2n) is 6.90. The Labute approximate surface area is 186 Å². The van der Waals surface area contributed by atoms with E-state index in [4.69, 9.17) is 16.6 Å². The summed E-state index contributed by atoms with van der Waals surface area (Å²) >= 11 is 7.97. The van der Waals surface area contributed by atoms with E-state index in [9.17, 15) is 4.79 Å². The maximum absolute atomic E-state index is 13.3. The Hall–Kier alpha value is -3.56. The summed E-state index contributed by atoms with van der Waals surface area (Å²) in [5, 5.41) is 14.6. The minimum atomic E-state index is -0.258. The SMILES string of the molecule is Cc1nn(C)c2nc(-c3cccs3)cc(C(=O)Nc3ccc(-n4cncn4)c(Cl)c3)c12. The number of amides is 1. The molecule has 10 heteroatoms. The lowest BCUT2D eigenvalue weighted by Crippen LogP contribution is -2.13. The number of nitrogens with one attached hydrogen (secondary N) is 1. The molecule has 5 aromatic rings. The molecule has 0 fully saturated rings. The van der Waals surface area contributed by atoms with Gasteiger partial charge in [0.25, 0.3) is 5.91 Å². The number of pyridine rings is 1. The number of nitrogens with zero attached hydrogens (tertiary/aromatic N) is 6. The number of halogens is 1. The Balaban J connectivity index is 1.55. The predicted octanol–water partition coefficient (Wildman–Crippen LogP) is 4.49. The number of benzene rings is 1. The minimum Gasteiger partial charge on any atom is -0.322 e. The highest BCUT2D eigenvalue weighted by Crippen LogP contribution is 2.30. The third-order valence-electron chi connectivity index (χ3n) is 4.86. The summed E-state index contributed by atoms with van der Waals surface area (Å²) in [6.45, 7) is 1.87. The van der Waals surface area contributed by atoms with Gasteiger partial charge in [0.1, 0.15) is 12.7 Å². The fourth-order valence-electron chi connectivity index (χ4n) is 3.48. The Morgan fingerprint density at radius 3 is 2.81 bits per heavy atom. The third kappa shape index (κ3) is 3.47. The molecule has 8 nitrogen and oxygen atoms in total. The number of aromatic nitrogens is 6. The maximum atomic E-state index is 13.3. The molecule has 4 aromatic heterocycles. The van der Waals surface area contributed by atoms with Crippen molar-refractivity contribution in [3.63, 3.8) is 0 Å². The van der Waals surface area contributed by atoms with Gasteiger partial charge >= 0.3 is 0 Å². The third-order valence-corrected chi connectivity index (χ3v) is 6.05. The molecule has 0 unspecified atom stereocenters. The maximum Gasteiger partial charge on any atom is 0.256 e. The lowest BCUT2D eigenvalue weighted by Gasteiger charge is -2.10. The molecule has 0 aliphatic heterocycles. The highest BCUT2D eigenvalue weighted by Gasteiger charge is 2.20. The average molecular weight is 450 g/mol. The van der Waals surface area contributed by atoms with E-state index >= 15 is 0 Å². The summed E-state index contributed by atoms with van der Waals surface area (Å²) in [4.78, 5) is 22.9. The van der Waals surface area contributed by atoms with Crippen LogP contribution in [0.5, 0.6) is 0 Å². The van der Waals surface area contributed by atoms with Gasteiger partial charge in [-0.25, -0.2) is 14.6 Å². The zero-order valence-electron chi connectivity index (χ0n) is 16.6. The van der Waals surface area contributed by atoms with Gasteiger partial charge < -0.3 is 5.32 Å². The second-order valence-corrected chi connectivity index (χ2v) is 8.26. The second kappa shape index (κ2) is 7.60. The van der Waals surface area contributed by atoms with Gasteiger partial charge in [0.05, 0.1) is 37.9 Å². The molecule has 0 bridgehead atoms. The van der Waals surface area contributed by atoms with Crippen molar-refractivity contribution in [2.24, 2.45) is 7.05 Å². The predicted molar refractivity (Wildman–Crippen MR) is 121 cm³/mol. The van der Waals surface area contributed by atoms with Gasteiger partial charge in [0.2, 0.25) is 0 Å². The van der Waals surface area contributed by atoms with Crippen LogP contribution in [-0.2, 0) is 7.05 Å². The number of aryl methyl sites for hydroxylation is 2. The van der Waals surface area contributed by atoms with Gasteiger partial charge in [-0.3, -0.25) is 9.48 Å². The van der Waals surface area contributed by atoms with Gasteiger partial charge in [-0.15, -0.1) is 11.3 Å². The van der Waals surface area contributed by atoms with E-state index in [1.54, 1.807) is 45.2 Å². The van der Waals surface area contributed by atoms with Gasteiger partial charge in [-0.2, -0.15) is 10.2 Å². The smallest absolute Gasteiger partial charge is 0.256 e. The van der Waals surface area contributed by atoms with Crippen LogP contribution in [-0.4, -0.2) is 35.4 Å². The lowest BCUT2D eigenvalue weighted by molar-refractivity contribution is 0.102. The number of thiophene rings is 1. The van der Waals surface area contributed by atoms with Crippen LogP contribution in [0.2, 0.25) is 5.02 Å². The highest BCUT2D eigenvalue weighted by molar-refractivity contribution is 7.13. The van der Waals surface area contributed by atoms with Crippen molar-refractivity contribution >= 4 is 45.6 Å². The van der Waals surface area contributed by atoms with Crippen molar-refractivity contribution in [1.29, 1.82) is 0 Å². The van der Waals surface area contributed by atoms with Crippen molar-refractivity contribution in [3.05, 3.63) is 70.7 Å². The average Bonchev–Trinajstić information content (AvgIpc) is 3.50. The number of carbonyl (C=O) groups is 1. The highest BCUT2D eigenvalue weighted by atomic mass is 35.5. The van der Waals surface area contributed by atoms with Crippen LogP contribution in [0.3, 0.4) is 0 Å². The first-order valence-corrected chi connectivity index (χ1v) is 10.6. The summed E-state index contributed by atoms with van der Waals surface area (Å²) in [5.74, 6) is -0.258. The van der Waals surface area contributed by atoms with E-state index in [1.165, 1.54) is 6.33 Å². The van der Waals surface area contributed by atoms with E-state index < -0.39 is 0 Å². The molecule has 1 amide bonds. The summed E-state index contributed by atoms with van der Waals surface area (Å²) in [7, 11) is 1.82. The summed E-state index contributed by atoms with van der Waals surface area (Å²) in [6.07, 6.45) is 2.99. The van der Waals surface area contributed by atoms with E-state index in [0.717, 1.165) is 21.7 Å². The topological polar surface area (TPSA) is 90.5 Å². The molecule has 154 valence electrons. The standard InChI is InChI=1S/C21H16ClN7OS/c1-12-19-14(9-16(18-4-3-7-31-18)26-20(19)28(2)27-12)21(30)25-13-5-6-17(15(22)8-13)29-11-23-10-24-29/h3-11H,1-2H3,(H,25,30). The minimum absolute atomic E-state index is 0.258. The van der Waals surface area contributed by atoms with E-state index in [2.05, 4.69) is 20.5 Å². The zero-order valence-corrected chi connectivity index (χ0v) is 18.1. The zero-order chi connectivity index (χ0) is 21.5. The molecule has 4 heterocycles. The van der Waals surface area contributed by atoms with Crippen molar-refractivity contribution in [2.75, 3.05) is 5.32 Å². The van der Waals surface area contributed by atoms with Gasteiger partial charge in [-0.05, 0) is 42.6 Å². The molecule has 0 radical (unpaired) electrons. The number of anilines is 1. The molecule has 0 spiro atoms. The molecule has 5 rings (SSSR count). The first-order chi connectivity index (χ1) is 15.0. The number of hydrogen-bond donors (Lipinski definition) is 1. The fourth-order valence-corrected chi connectivity index (χ4v) is 4.43. The molecule has 0 saturated carbocycles. The number of hydrogen-bond acceptors (Lipinski definition) is 6. The quantitative estimate of drug-likeness (QED) is 0.436. The Morgan fingerprint density at radius 1 is 1.23 bits per heavy atom. The van der Waals surface area contributed by atoms with Crippen LogP contribution >= 0.6 is 22.9 Å². The molecular formula is C21H16ClN7OS. The Bertz CT molecular complexity index is 1410. The largest absolute Gasteiger partial charge is 0.322 e. The van der Waals surface area contributed by atoms with Crippen molar-refractivity contribution < 1.29 is 4.79 Å². The molecule has 31 heavy (non-hydrogen) atoms. The summed E-state index contributed by atoms with van der Waals surface area (Å²) in [6, 6.07) is 11.0. The van der Waals surface area contributed by atoms with Gasteiger partial charge in [0.15, 0.2) is 5.65 Å². The molecule has 0 aliphatic carbocycles. The molecular weight excluding hydrogens is 434 g/mol. The normalized spacial score (nSPS) is 11.2. The van der Waals surface area contributed by atoms with Gasteiger partial charge in [-0.1, -0.05) is 17.7 Å². The van der Waals surface area contributed by atoms with E-state index in [1.807, 2.05) is 37.6 Å². The Morgan fingerprint density at radius 2 is 2.10 bits per heavy atom. The summed E-state index contributed by atoms with van der Waals surface area (Å²) < 4.78 is 3.26. The monoisotopic (exact) mass is 449 g/mol. The van der Waals surface area contributed by atoms with Gasteiger partial charge in [0, 0.05) is 12.7 Å². The molecule has 1 N–H and O–H groups in total. The number of carbonyl (C=O) groups excluding carboxylic acids is 1. The van der Waals surface area contributed by atoms with Crippen LogP contribution < -0.4 is 5.32 Å². The molecule has 1 aromatic carbocycles. The van der Waals surface area contributed by atoms with Crippen LogP contribution in [0.1, 0.15) is 16.1 Å². The van der Waals surface area contributed by atoms with Crippen LogP contribution in [0, 0.1) is 6.92 Å². The number of rotatable bonds is 4. The van der Waals surface area contributed by atoms with E-state index in [-0.39, 0.29) is 5.91 Å². The van der Waals surface area contributed by atoms with Crippen LogP contribution in [0.25, 0.3) is 27.3 Å². The fraction of sp³-hybridized carbons (Fsp3) is 0.0952. The van der Waals surface area contributed by atoms with Crippen molar-refractivity contribution in [2.45, 2.75) is 6.92 Å².